The second-order valence-electron chi connectivity index (χ2n) is 2.10. The zero-order valence-electron chi connectivity index (χ0n) is 6.32. The molecule has 70 valence electrons. The normalized spacial score (nSPS) is 10.8. The van der Waals surface area contributed by atoms with Crippen LogP contribution in [-0.4, -0.2) is 13.6 Å². The van der Waals surface area contributed by atoms with E-state index in [0.29, 0.717) is 10.6 Å². The third-order valence-electron chi connectivity index (χ3n) is 1.18. The topological polar surface area (TPSA) is 70.0 Å². The minimum Gasteiger partial charge on any atom is -0.272 e. The van der Waals surface area contributed by atoms with Gasteiger partial charge in [0, 0.05) is 0 Å². The lowest BCUT2D eigenvalue weighted by molar-refractivity contribution is 0.605. The highest BCUT2D eigenvalue weighted by Crippen LogP contribution is 2.23. The maximum Gasteiger partial charge on any atom is 0.247 e. The zero-order chi connectivity index (χ0) is 9.90. The molecule has 7 heteroatoms. The highest BCUT2D eigenvalue weighted by atomic mass is 35.5. The molecule has 0 aliphatic rings. The fourth-order valence-corrected chi connectivity index (χ4v) is 2.41. The van der Waals surface area contributed by atoms with Crippen molar-refractivity contribution in [3.8, 4) is 6.07 Å². The fraction of sp³-hybridized carbons (Fsp3) is 0.167. The Balaban J connectivity index is 2.94. The molecule has 1 aromatic rings. The molecule has 0 aromatic carbocycles. The average molecular weight is 237 g/mol. The molecule has 1 rings (SSSR count). The molecule has 1 N–H and O–H groups in total. The van der Waals surface area contributed by atoms with Gasteiger partial charge in [-0.2, -0.15) is 5.26 Å². The van der Waals surface area contributed by atoms with Crippen LogP contribution in [0, 0.1) is 11.3 Å². The standard InChI is InChI=1S/C6H5ClN2O2S2/c7-4-13(10,11)9-6-5(3-8)1-2-12-6/h1-2,9H,4H2. The molecule has 4 nitrogen and oxygen atoms in total. The molecule has 0 saturated carbocycles. The average Bonchev–Trinajstić information content (AvgIpc) is 2.51. The van der Waals surface area contributed by atoms with E-state index in [4.69, 9.17) is 16.9 Å². The van der Waals surface area contributed by atoms with Gasteiger partial charge >= 0.3 is 0 Å². The summed E-state index contributed by atoms with van der Waals surface area (Å²) in [5, 5.41) is 9.99. The van der Waals surface area contributed by atoms with Crippen LogP contribution >= 0.6 is 22.9 Å². The predicted molar refractivity (Wildman–Crippen MR) is 52.3 cm³/mol. The summed E-state index contributed by atoms with van der Waals surface area (Å²) in [6, 6.07) is 3.40. The van der Waals surface area contributed by atoms with Crippen molar-refractivity contribution in [3.05, 3.63) is 17.0 Å². The van der Waals surface area contributed by atoms with Crippen LogP contribution in [0.1, 0.15) is 5.56 Å². The number of alkyl halides is 1. The van der Waals surface area contributed by atoms with Crippen molar-refractivity contribution in [1.29, 1.82) is 5.26 Å². The molecule has 0 aliphatic heterocycles. The molecule has 13 heavy (non-hydrogen) atoms. The Morgan fingerprint density at radius 1 is 1.69 bits per heavy atom. The third-order valence-corrected chi connectivity index (χ3v) is 3.80. The van der Waals surface area contributed by atoms with Crippen LogP contribution in [0.3, 0.4) is 0 Å². The van der Waals surface area contributed by atoms with Gasteiger partial charge in [0.2, 0.25) is 10.0 Å². The Kier molecular flexibility index (Phi) is 3.14. The first-order chi connectivity index (χ1) is 6.09. The Morgan fingerprint density at radius 3 is 2.92 bits per heavy atom. The SMILES string of the molecule is N#Cc1ccsc1NS(=O)(=O)CCl. The van der Waals surface area contributed by atoms with E-state index in [1.165, 1.54) is 6.07 Å². The molecule has 0 unspecified atom stereocenters. The molecule has 0 fully saturated rings. The first-order valence-corrected chi connectivity index (χ1v) is 6.20. The van der Waals surface area contributed by atoms with E-state index in [0.717, 1.165) is 11.3 Å². The van der Waals surface area contributed by atoms with Crippen molar-refractivity contribution < 1.29 is 8.42 Å². The quantitative estimate of drug-likeness (QED) is 0.810. The number of hydrogen-bond donors (Lipinski definition) is 1. The largest absolute Gasteiger partial charge is 0.272 e. The summed E-state index contributed by atoms with van der Waals surface area (Å²) in [5.74, 6) is 0. The summed E-state index contributed by atoms with van der Waals surface area (Å²) >= 11 is 6.32. The van der Waals surface area contributed by atoms with Gasteiger partial charge < -0.3 is 0 Å². The minimum absolute atomic E-state index is 0.304. The number of nitriles is 1. The summed E-state index contributed by atoms with van der Waals surface area (Å²) in [6.07, 6.45) is 0. The van der Waals surface area contributed by atoms with Crippen LogP contribution < -0.4 is 4.72 Å². The van der Waals surface area contributed by atoms with Crippen molar-refractivity contribution in [3.63, 3.8) is 0 Å². The first kappa shape index (κ1) is 10.3. The number of rotatable bonds is 3. The van der Waals surface area contributed by atoms with E-state index in [1.54, 1.807) is 5.38 Å². The smallest absolute Gasteiger partial charge is 0.247 e. The minimum atomic E-state index is -3.50. The Morgan fingerprint density at radius 2 is 2.38 bits per heavy atom. The summed E-state index contributed by atoms with van der Waals surface area (Å²) in [6.45, 7) is 0. The van der Waals surface area contributed by atoms with Gasteiger partial charge in [-0.1, -0.05) is 0 Å². The number of thiophene rings is 1. The molecule has 0 spiro atoms. The number of hydrogen-bond acceptors (Lipinski definition) is 4. The zero-order valence-corrected chi connectivity index (χ0v) is 8.71. The number of nitrogens with zero attached hydrogens (tertiary/aromatic N) is 1. The second kappa shape index (κ2) is 3.96. The fourth-order valence-electron chi connectivity index (χ4n) is 0.645. The van der Waals surface area contributed by atoms with Gasteiger partial charge in [-0.3, -0.25) is 4.72 Å². The van der Waals surface area contributed by atoms with Crippen LogP contribution in [0.4, 0.5) is 5.00 Å². The van der Waals surface area contributed by atoms with Crippen molar-refractivity contribution in [2.45, 2.75) is 0 Å². The number of halogens is 1. The van der Waals surface area contributed by atoms with Crippen molar-refractivity contribution in [2.24, 2.45) is 0 Å². The van der Waals surface area contributed by atoms with E-state index < -0.39 is 15.2 Å². The molecule has 1 aromatic heterocycles. The molecular formula is C6H5ClN2O2S2. The van der Waals surface area contributed by atoms with Gasteiger partial charge in [-0.15, -0.1) is 22.9 Å². The molecule has 1 heterocycles. The number of nitrogens with one attached hydrogen (secondary N) is 1. The number of anilines is 1. The van der Waals surface area contributed by atoms with E-state index in [-0.39, 0.29) is 0 Å². The van der Waals surface area contributed by atoms with Gasteiger partial charge in [-0.25, -0.2) is 8.42 Å². The monoisotopic (exact) mass is 236 g/mol. The van der Waals surface area contributed by atoms with Crippen molar-refractivity contribution >= 4 is 38.0 Å². The van der Waals surface area contributed by atoms with Crippen molar-refractivity contribution in [1.82, 2.24) is 0 Å². The molecule has 0 bridgehead atoms. The third kappa shape index (κ3) is 2.59. The summed E-state index contributed by atoms with van der Waals surface area (Å²) in [5.41, 5.74) is 0.304. The maximum atomic E-state index is 11.0. The second-order valence-corrected chi connectivity index (χ2v) is 5.32. The van der Waals surface area contributed by atoms with Gasteiger partial charge in [0.15, 0.2) is 0 Å². The first-order valence-electron chi connectivity index (χ1n) is 3.13. The molecule has 0 atom stereocenters. The van der Waals surface area contributed by atoms with Gasteiger partial charge in [0.1, 0.15) is 16.3 Å². The van der Waals surface area contributed by atoms with Gasteiger partial charge in [0.25, 0.3) is 0 Å². The van der Waals surface area contributed by atoms with Crippen LogP contribution in [0.15, 0.2) is 11.4 Å². The summed E-state index contributed by atoms with van der Waals surface area (Å²) in [4.78, 5) is 0. The molecule has 0 radical (unpaired) electrons. The predicted octanol–water partition coefficient (Wildman–Crippen LogP) is 1.56. The highest BCUT2D eigenvalue weighted by molar-refractivity contribution is 7.94. The molecule has 0 amide bonds. The Bertz CT molecular complexity index is 432. The summed E-state index contributed by atoms with van der Waals surface area (Å²) < 4.78 is 24.2. The van der Waals surface area contributed by atoms with E-state index in [9.17, 15) is 8.42 Å². The maximum absolute atomic E-state index is 11.0. The number of sulfonamides is 1. The van der Waals surface area contributed by atoms with Crippen LogP contribution in [0.5, 0.6) is 0 Å². The van der Waals surface area contributed by atoms with E-state index in [1.807, 2.05) is 6.07 Å². The summed E-state index contributed by atoms with van der Waals surface area (Å²) in [7, 11) is -3.50. The van der Waals surface area contributed by atoms with Crippen molar-refractivity contribution in [2.75, 3.05) is 9.93 Å². The van der Waals surface area contributed by atoms with Crippen LogP contribution in [-0.2, 0) is 10.0 Å². The van der Waals surface area contributed by atoms with Crippen LogP contribution in [0.25, 0.3) is 0 Å². The van der Waals surface area contributed by atoms with Gasteiger partial charge in [-0.05, 0) is 11.4 Å². The lowest BCUT2D eigenvalue weighted by Gasteiger charge is -2.01. The Labute approximate surface area is 84.8 Å². The Hall–Kier alpha value is -0.770. The highest BCUT2D eigenvalue weighted by Gasteiger charge is 2.11. The lowest BCUT2D eigenvalue weighted by atomic mass is 10.4. The lowest BCUT2D eigenvalue weighted by Crippen LogP contribution is -2.12. The van der Waals surface area contributed by atoms with E-state index in [2.05, 4.69) is 4.72 Å². The molecular weight excluding hydrogens is 232 g/mol. The molecule has 0 aliphatic carbocycles. The molecule has 0 saturated heterocycles. The van der Waals surface area contributed by atoms with Gasteiger partial charge in [0.05, 0.1) is 5.56 Å². The van der Waals surface area contributed by atoms with E-state index >= 15 is 0 Å². The van der Waals surface area contributed by atoms with Crippen LogP contribution in [0.2, 0.25) is 0 Å².